The lowest BCUT2D eigenvalue weighted by Gasteiger charge is -2.34. The average Bonchev–Trinajstić information content (AvgIpc) is 3.56. The van der Waals surface area contributed by atoms with Crippen LogP contribution in [0.3, 0.4) is 0 Å². The summed E-state index contributed by atoms with van der Waals surface area (Å²) in [5, 5.41) is 2.95. The first-order chi connectivity index (χ1) is 16.6. The highest BCUT2D eigenvalue weighted by Gasteiger charge is 2.23. The number of rotatable bonds is 7. The summed E-state index contributed by atoms with van der Waals surface area (Å²) in [6.07, 6.45) is 2.31. The standard InChI is InChI=1S/C26H28FN3O3S/c27-21-7-3-19(4-8-21)25-28-22(18-34-25)16-29-11-13-30(14-12-29)26(31)20-5-9-23(10-6-20)33-17-24-2-1-15-32-24/h3-10,18,24H,1-2,11-17H2/t24-/m1/s1. The molecule has 1 atom stereocenters. The third-order valence-electron chi connectivity index (χ3n) is 6.25. The zero-order valence-corrected chi connectivity index (χ0v) is 19.8. The summed E-state index contributed by atoms with van der Waals surface area (Å²) in [6.45, 7) is 5.09. The van der Waals surface area contributed by atoms with Crippen LogP contribution in [0.5, 0.6) is 5.75 Å². The van der Waals surface area contributed by atoms with Crippen LogP contribution in [0.2, 0.25) is 0 Å². The van der Waals surface area contributed by atoms with Gasteiger partial charge in [-0.2, -0.15) is 0 Å². The Kier molecular flexibility index (Phi) is 7.18. The topological polar surface area (TPSA) is 54.9 Å². The second-order valence-corrected chi connectivity index (χ2v) is 9.55. The number of hydrogen-bond acceptors (Lipinski definition) is 6. The van der Waals surface area contributed by atoms with Gasteiger partial charge < -0.3 is 14.4 Å². The number of carbonyl (C=O) groups is 1. The number of halogens is 1. The lowest BCUT2D eigenvalue weighted by Crippen LogP contribution is -2.48. The zero-order chi connectivity index (χ0) is 23.3. The third-order valence-corrected chi connectivity index (χ3v) is 7.19. The summed E-state index contributed by atoms with van der Waals surface area (Å²) >= 11 is 1.57. The van der Waals surface area contributed by atoms with E-state index < -0.39 is 0 Å². The molecule has 2 aromatic carbocycles. The van der Waals surface area contributed by atoms with E-state index in [0.717, 1.165) is 61.1 Å². The van der Waals surface area contributed by atoms with E-state index >= 15 is 0 Å². The molecule has 178 valence electrons. The Morgan fingerprint density at radius 3 is 2.56 bits per heavy atom. The van der Waals surface area contributed by atoms with Crippen LogP contribution in [0.25, 0.3) is 10.6 Å². The fourth-order valence-corrected chi connectivity index (χ4v) is 5.10. The number of aromatic nitrogens is 1. The maximum Gasteiger partial charge on any atom is 0.253 e. The molecule has 8 heteroatoms. The Balaban J connectivity index is 1.09. The van der Waals surface area contributed by atoms with Crippen molar-refractivity contribution < 1.29 is 18.7 Å². The normalized spacial score (nSPS) is 18.9. The molecule has 3 aromatic rings. The molecule has 0 N–H and O–H groups in total. The molecule has 2 fully saturated rings. The number of benzene rings is 2. The largest absolute Gasteiger partial charge is 0.491 e. The molecule has 6 nitrogen and oxygen atoms in total. The minimum Gasteiger partial charge on any atom is -0.491 e. The predicted molar refractivity (Wildman–Crippen MR) is 130 cm³/mol. The average molecular weight is 482 g/mol. The molecular weight excluding hydrogens is 453 g/mol. The van der Waals surface area contributed by atoms with Gasteiger partial charge in [0.25, 0.3) is 5.91 Å². The van der Waals surface area contributed by atoms with E-state index in [2.05, 4.69) is 10.3 Å². The molecule has 1 amide bonds. The first kappa shape index (κ1) is 23.0. The van der Waals surface area contributed by atoms with Gasteiger partial charge >= 0.3 is 0 Å². The summed E-state index contributed by atoms with van der Waals surface area (Å²) < 4.78 is 24.5. The molecule has 0 spiro atoms. The number of nitrogens with zero attached hydrogens (tertiary/aromatic N) is 3. The highest BCUT2D eigenvalue weighted by Crippen LogP contribution is 2.25. The Hall–Kier alpha value is -2.81. The second kappa shape index (κ2) is 10.6. The van der Waals surface area contributed by atoms with Gasteiger partial charge in [-0.3, -0.25) is 9.69 Å². The van der Waals surface area contributed by atoms with Crippen molar-refractivity contribution in [2.24, 2.45) is 0 Å². The Bertz CT molecular complexity index is 1090. The van der Waals surface area contributed by atoms with E-state index in [9.17, 15) is 9.18 Å². The summed E-state index contributed by atoms with van der Waals surface area (Å²) in [7, 11) is 0. The second-order valence-electron chi connectivity index (χ2n) is 8.69. The Labute approximate surface area is 202 Å². The number of piperazine rings is 1. The molecular formula is C26H28FN3O3S. The fourth-order valence-electron chi connectivity index (χ4n) is 4.28. The maximum absolute atomic E-state index is 13.2. The zero-order valence-electron chi connectivity index (χ0n) is 19.0. The molecule has 0 radical (unpaired) electrons. The molecule has 34 heavy (non-hydrogen) atoms. The molecule has 0 saturated carbocycles. The summed E-state index contributed by atoms with van der Waals surface area (Å²) in [6, 6.07) is 13.8. The first-order valence-electron chi connectivity index (χ1n) is 11.7. The molecule has 5 rings (SSSR count). The van der Waals surface area contributed by atoms with Crippen LogP contribution in [-0.2, 0) is 11.3 Å². The van der Waals surface area contributed by atoms with Gasteiger partial charge in [0.05, 0.1) is 11.8 Å². The Morgan fingerprint density at radius 2 is 1.85 bits per heavy atom. The van der Waals surface area contributed by atoms with Gasteiger partial charge in [-0.1, -0.05) is 0 Å². The van der Waals surface area contributed by atoms with Crippen molar-refractivity contribution >= 4 is 17.2 Å². The quantitative estimate of drug-likeness (QED) is 0.499. The highest BCUT2D eigenvalue weighted by atomic mass is 32.1. The molecule has 2 aliphatic rings. The number of amides is 1. The third kappa shape index (κ3) is 5.63. The molecule has 1 aromatic heterocycles. The van der Waals surface area contributed by atoms with E-state index in [4.69, 9.17) is 14.5 Å². The predicted octanol–water partition coefficient (Wildman–Crippen LogP) is 4.47. The van der Waals surface area contributed by atoms with Crippen LogP contribution in [0.4, 0.5) is 4.39 Å². The van der Waals surface area contributed by atoms with E-state index in [1.807, 2.05) is 29.2 Å². The number of thiazole rings is 1. The smallest absolute Gasteiger partial charge is 0.253 e. The molecule has 2 saturated heterocycles. The van der Waals surface area contributed by atoms with Gasteiger partial charge in [0.15, 0.2) is 0 Å². The minimum atomic E-state index is -0.244. The van der Waals surface area contributed by atoms with Crippen molar-refractivity contribution in [1.29, 1.82) is 0 Å². The monoisotopic (exact) mass is 481 g/mol. The highest BCUT2D eigenvalue weighted by molar-refractivity contribution is 7.13. The maximum atomic E-state index is 13.2. The number of hydrogen-bond donors (Lipinski definition) is 0. The number of carbonyl (C=O) groups excluding carboxylic acids is 1. The van der Waals surface area contributed by atoms with Crippen molar-refractivity contribution in [2.75, 3.05) is 39.4 Å². The fraction of sp³-hybridized carbons (Fsp3) is 0.385. The van der Waals surface area contributed by atoms with Gasteiger partial charge in [-0.15, -0.1) is 11.3 Å². The SMILES string of the molecule is O=C(c1ccc(OC[C@H]2CCCO2)cc1)N1CCN(Cc2csc(-c3ccc(F)cc3)n2)CC1. The minimum absolute atomic E-state index is 0.0533. The van der Waals surface area contributed by atoms with Crippen LogP contribution < -0.4 is 4.74 Å². The summed E-state index contributed by atoms with van der Waals surface area (Å²) in [5.74, 6) is 0.573. The molecule has 0 unspecified atom stereocenters. The molecule has 2 aliphatic heterocycles. The van der Waals surface area contributed by atoms with Gasteiger partial charge in [0.1, 0.15) is 23.2 Å². The Morgan fingerprint density at radius 1 is 1.09 bits per heavy atom. The van der Waals surface area contributed by atoms with Crippen LogP contribution in [0.1, 0.15) is 28.9 Å². The number of ether oxygens (including phenoxy) is 2. The van der Waals surface area contributed by atoms with E-state index in [1.165, 1.54) is 12.1 Å². The molecule has 3 heterocycles. The van der Waals surface area contributed by atoms with Crippen molar-refractivity contribution in [3.8, 4) is 16.3 Å². The summed E-state index contributed by atoms with van der Waals surface area (Å²) in [5.41, 5.74) is 2.61. The van der Waals surface area contributed by atoms with Gasteiger partial charge in [0, 0.05) is 55.8 Å². The van der Waals surface area contributed by atoms with Crippen molar-refractivity contribution in [1.82, 2.24) is 14.8 Å². The van der Waals surface area contributed by atoms with E-state index in [0.29, 0.717) is 25.3 Å². The first-order valence-corrected chi connectivity index (χ1v) is 12.6. The van der Waals surface area contributed by atoms with E-state index in [1.54, 1.807) is 23.5 Å². The van der Waals surface area contributed by atoms with Crippen molar-refractivity contribution in [3.05, 3.63) is 71.0 Å². The lowest BCUT2D eigenvalue weighted by molar-refractivity contribution is 0.0626. The van der Waals surface area contributed by atoms with Gasteiger partial charge in [0.2, 0.25) is 0 Å². The van der Waals surface area contributed by atoms with Gasteiger partial charge in [-0.25, -0.2) is 9.37 Å². The lowest BCUT2D eigenvalue weighted by atomic mass is 10.1. The molecule has 0 aliphatic carbocycles. The van der Waals surface area contributed by atoms with E-state index in [-0.39, 0.29) is 17.8 Å². The van der Waals surface area contributed by atoms with Crippen LogP contribution >= 0.6 is 11.3 Å². The van der Waals surface area contributed by atoms with Crippen molar-refractivity contribution in [2.45, 2.75) is 25.5 Å². The van der Waals surface area contributed by atoms with Crippen molar-refractivity contribution in [3.63, 3.8) is 0 Å². The van der Waals surface area contributed by atoms with Crippen LogP contribution in [-0.4, -0.2) is 66.2 Å². The summed E-state index contributed by atoms with van der Waals surface area (Å²) in [4.78, 5) is 21.9. The van der Waals surface area contributed by atoms with Crippen LogP contribution in [0.15, 0.2) is 53.9 Å². The molecule has 0 bridgehead atoms. The van der Waals surface area contributed by atoms with Crippen LogP contribution in [0, 0.1) is 5.82 Å². The van der Waals surface area contributed by atoms with Gasteiger partial charge in [-0.05, 0) is 61.4 Å².